The first-order valence-electron chi connectivity index (χ1n) is 17.1. The first-order valence-corrected chi connectivity index (χ1v) is 20.1. The summed E-state index contributed by atoms with van der Waals surface area (Å²) in [4.78, 5) is 38.3. The number of nitrogens with zero attached hydrogens (tertiary/aromatic N) is 6. The van der Waals surface area contributed by atoms with Crippen LogP contribution >= 0.6 is 46.1 Å². The van der Waals surface area contributed by atoms with Crippen molar-refractivity contribution in [1.82, 2.24) is 29.4 Å². The van der Waals surface area contributed by atoms with Gasteiger partial charge in [0.25, 0.3) is 12.9 Å². The summed E-state index contributed by atoms with van der Waals surface area (Å²) in [5, 5.41) is 8.31. The van der Waals surface area contributed by atoms with Gasteiger partial charge >= 0.3 is 12.2 Å². The minimum Gasteiger partial charge on any atom is -0.444 e. The average Bonchev–Trinajstić information content (AvgIpc) is 3.59. The number of piperidine rings is 2. The van der Waals surface area contributed by atoms with E-state index in [1.54, 1.807) is 42.6 Å². The van der Waals surface area contributed by atoms with E-state index in [0.717, 1.165) is 55.3 Å². The summed E-state index contributed by atoms with van der Waals surface area (Å²) < 4.78 is 63.4. The van der Waals surface area contributed by atoms with Crippen molar-refractivity contribution in [2.45, 2.75) is 103 Å². The topological polar surface area (TPSA) is 112 Å². The maximum atomic E-state index is 12.7. The number of thioether (sulfide) groups is 2. The molecule has 0 N–H and O–H groups in total. The van der Waals surface area contributed by atoms with Crippen LogP contribution in [0.1, 0.15) is 98.4 Å². The van der Waals surface area contributed by atoms with Gasteiger partial charge in [0.15, 0.2) is 5.12 Å². The van der Waals surface area contributed by atoms with Crippen LogP contribution in [0.5, 0.6) is 0 Å². The van der Waals surface area contributed by atoms with Crippen molar-refractivity contribution in [3.05, 3.63) is 27.2 Å². The average molecular weight is 893 g/mol. The van der Waals surface area contributed by atoms with Crippen molar-refractivity contribution in [2.75, 3.05) is 37.7 Å². The van der Waals surface area contributed by atoms with Gasteiger partial charge in [-0.3, -0.25) is 14.2 Å². The van der Waals surface area contributed by atoms with Crippen molar-refractivity contribution >= 4 is 63.4 Å². The van der Waals surface area contributed by atoms with Crippen molar-refractivity contribution in [2.24, 2.45) is 25.9 Å². The fourth-order valence-electron chi connectivity index (χ4n) is 4.94. The van der Waals surface area contributed by atoms with Crippen LogP contribution in [0.2, 0.25) is 0 Å². The molecule has 2 aromatic heterocycles. The molecule has 0 spiro atoms. The summed E-state index contributed by atoms with van der Waals surface area (Å²) in [5.41, 5.74) is -1.25. The molecule has 0 aliphatic carbocycles. The Morgan fingerprint density at radius 2 is 1.17 bits per heavy atom. The SMILES string of the molecule is CC(=O)SCC1CCN(C(=O)OC(C)(C)C)CC1.Cn1nc(C(F)F)cc1I.Cn1nc(C(F)F)cc1SCC1CCN(C(=O)OC(C)(C)C)CC1. The smallest absolute Gasteiger partial charge is 0.410 e. The van der Waals surface area contributed by atoms with Crippen molar-refractivity contribution in [3.63, 3.8) is 0 Å². The summed E-state index contributed by atoms with van der Waals surface area (Å²) in [7, 11) is 3.31. The predicted molar refractivity (Wildman–Crippen MR) is 204 cm³/mol. The van der Waals surface area contributed by atoms with Gasteiger partial charge in [-0.05, 0) is 114 Å². The van der Waals surface area contributed by atoms with E-state index >= 15 is 0 Å². The number of hydrogen-bond acceptors (Lipinski definition) is 9. The third-order valence-electron chi connectivity index (χ3n) is 7.67. The molecule has 11 nitrogen and oxygen atoms in total. The van der Waals surface area contributed by atoms with Gasteiger partial charge in [0.2, 0.25) is 0 Å². The highest BCUT2D eigenvalue weighted by Gasteiger charge is 2.28. The molecule has 0 aromatic carbocycles. The zero-order chi connectivity index (χ0) is 39.4. The number of ether oxygens (including phenoxy) is 2. The molecule has 0 bridgehead atoms. The highest BCUT2D eigenvalue weighted by Crippen LogP contribution is 2.29. The van der Waals surface area contributed by atoms with E-state index < -0.39 is 24.1 Å². The summed E-state index contributed by atoms with van der Waals surface area (Å²) in [6.45, 7) is 15.6. The zero-order valence-corrected chi connectivity index (χ0v) is 35.3. The molecule has 4 rings (SSSR count). The summed E-state index contributed by atoms with van der Waals surface area (Å²) >= 11 is 4.87. The Morgan fingerprint density at radius 3 is 1.50 bits per heavy atom. The Labute approximate surface area is 326 Å². The largest absolute Gasteiger partial charge is 0.444 e. The molecule has 2 aliphatic heterocycles. The molecule has 2 aliphatic rings. The van der Waals surface area contributed by atoms with Gasteiger partial charge in [0, 0.05) is 58.7 Å². The molecule has 18 heteroatoms. The fourth-order valence-corrected chi connectivity index (χ4v) is 7.34. The molecule has 0 unspecified atom stereocenters. The van der Waals surface area contributed by atoms with Crippen LogP contribution in [0.3, 0.4) is 0 Å². The maximum Gasteiger partial charge on any atom is 0.410 e. The van der Waals surface area contributed by atoms with E-state index in [0.29, 0.717) is 28.6 Å². The lowest BCUT2D eigenvalue weighted by Crippen LogP contribution is -2.42. The van der Waals surface area contributed by atoms with Crippen LogP contribution in [0.15, 0.2) is 17.2 Å². The predicted octanol–water partition coefficient (Wildman–Crippen LogP) is 8.97. The molecule has 4 heterocycles. The summed E-state index contributed by atoms with van der Waals surface area (Å²) in [6.07, 6.45) is -1.78. The van der Waals surface area contributed by atoms with Crippen LogP contribution in [0.4, 0.5) is 27.2 Å². The third-order valence-corrected chi connectivity index (χ3v) is 11.0. The number of hydrogen-bond donors (Lipinski definition) is 0. The molecule has 296 valence electrons. The lowest BCUT2D eigenvalue weighted by Gasteiger charge is -2.33. The quantitative estimate of drug-likeness (QED) is 0.153. The Hall–Kier alpha value is -2.22. The Morgan fingerprint density at radius 1 is 0.769 bits per heavy atom. The number of aromatic nitrogens is 4. The number of likely N-dealkylation sites (tertiary alicyclic amines) is 2. The number of alkyl halides is 4. The number of carbonyl (C=O) groups is 3. The summed E-state index contributed by atoms with van der Waals surface area (Å²) in [5.74, 6) is 2.71. The van der Waals surface area contributed by atoms with E-state index in [1.807, 2.05) is 64.1 Å². The molecule has 2 saturated heterocycles. The van der Waals surface area contributed by atoms with Crippen LogP contribution in [-0.2, 0) is 28.4 Å². The Bertz CT molecular complexity index is 1410. The van der Waals surface area contributed by atoms with E-state index in [1.165, 1.54) is 33.3 Å². The number of halogens is 5. The van der Waals surface area contributed by atoms with Crippen LogP contribution in [0.25, 0.3) is 0 Å². The van der Waals surface area contributed by atoms with Gasteiger partial charge < -0.3 is 19.3 Å². The molecule has 2 aromatic rings. The zero-order valence-electron chi connectivity index (χ0n) is 31.5. The molecule has 0 radical (unpaired) electrons. The van der Waals surface area contributed by atoms with Crippen molar-refractivity contribution in [3.8, 4) is 0 Å². The Balaban J connectivity index is 0.000000293. The number of rotatable bonds is 7. The monoisotopic (exact) mass is 892 g/mol. The van der Waals surface area contributed by atoms with E-state index in [-0.39, 0.29) is 28.7 Å². The number of aryl methyl sites for hydroxylation is 2. The molecule has 0 saturated carbocycles. The van der Waals surface area contributed by atoms with Gasteiger partial charge in [-0.15, -0.1) is 11.8 Å². The second-order valence-corrected chi connectivity index (χ2v) is 17.9. The Kier molecular flexibility index (Phi) is 18.6. The molecule has 2 amide bonds. The standard InChI is InChI=1S/C16H25F2N3O2S.C13H23NO3S.C5H5F2IN2/c1-16(2,3)23-15(22)21-7-5-11(6-8-21)10-24-13-9-12(14(17)18)19-20(13)4;1-10(15)18-9-11-5-7-14(8-6-11)12(16)17-13(2,3)4;1-10-4(8)2-3(9-10)5(6)7/h9,11,14H,5-8,10H2,1-4H3;11H,5-9H2,1-4H3;2,5H,1H3. The van der Waals surface area contributed by atoms with Gasteiger partial charge in [-0.25, -0.2) is 27.2 Å². The molecule has 2 fully saturated rings. The van der Waals surface area contributed by atoms with Crippen LogP contribution in [0, 0.1) is 15.5 Å². The number of amides is 2. The molecular weight excluding hydrogens is 839 g/mol. The maximum absolute atomic E-state index is 12.7. The first-order chi connectivity index (χ1) is 24.0. The number of carbonyl (C=O) groups excluding carboxylic acids is 3. The van der Waals surface area contributed by atoms with Gasteiger partial charge in [-0.1, -0.05) is 11.8 Å². The van der Waals surface area contributed by atoms with Crippen molar-refractivity contribution in [1.29, 1.82) is 0 Å². The van der Waals surface area contributed by atoms with Crippen LogP contribution in [-0.4, -0.2) is 95.5 Å². The van der Waals surface area contributed by atoms with E-state index in [4.69, 9.17) is 9.47 Å². The third kappa shape index (κ3) is 17.3. The minimum absolute atomic E-state index is 0.160. The first kappa shape index (κ1) is 45.9. The fraction of sp³-hybridized carbons (Fsp3) is 0.735. The second-order valence-electron chi connectivity index (χ2n) is 14.6. The van der Waals surface area contributed by atoms with Gasteiger partial charge in [-0.2, -0.15) is 10.2 Å². The lowest BCUT2D eigenvalue weighted by molar-refractivity contribution is -0.109. The minimum atomic E-state index is -2.54. The highest BCUT2D eigenvalue weighted by atomic mass is 127. The lowest BCUT2D eigenvalue weighted by atomic mass is 9.99. The van der Waals surface area contributed by atoms with E-state index in [9.17, 15) is 31.9 Å². The summed E-state index contributed by atoms with van der Waals surface area (Å²) in [6, 6.07) is 2.82. The molecule has 52 heavy (non-hydrogen) atoms. The van der Waals surface area contributed by atoms with Crippen LogP contribution < -0.4 is 0 Å². The van der Waals surface area contributed by atoms with Crippen molar-refractivity contribution < 1.29 is 41.4 Å². The second kappa shape index (κ2) is 21.0. The van der Waals surface area contributed by atoms with E-state index in [2.05, 4.69) is 10.2 Å². The highest BCUT2D eigenvalue weighted by molar-refractivity contribution is 14.1. The molecular formula is C34H53F4IN6O5S2. The normalized spacial score (nSPS) is 15.9. The van der Waals surface area contributed by atoms with Gasteiger partial charge in [0.1, 0.15) is 22.6 Å². The molecule has 0 atom stereocenters. The van der Waals surface area contributed by atoms with Gasteiger partial charge in [0.05, 0.1) is 8.73 Å².